The number of methoxy groups -OCH3 is 1. The fourth-order valence-electron chi connectivity index (χ4n) is 1.41. The maximum atomic E-state index is 13.2. The first-order valence-electron chi connectivity index (χ1n) is 5.28. The minimum Gasteiger partial charge on any atom is -0.480 e. The summed E-state index contributed by atoms with van der Waals surface area (Å²) in [5.41, 5.74) is -0.332. The Morgan fingerprint density at radius 2 is 2.25 bits per heavy atom. The average molecular weight is 343 g/mol. The molecule has 0 atom stereocenters. The minimum absolute atomic E-state index is 0.172. The third kappa shape index (κ3) is 2.99. The molecule has 0 saturated heterocycles. The van der Waals surface area contributed by atoms with E-state index >= 15 is 0 Å². The first-order valence-corrected chi connectivity index (χ1v) is 6.08. The van der Waals surface area contributed by atoms with Gasteiger partial charge in [0.2, 0.25) is 17.6 Å². The molecule has 9 heteroatoms. The van der Waals surface area contributed by atoms with Crippen LogP contribution < -0.4 is 10.1 Å². The van der Waals surface area contributed by atoms with Crippen molar-refractivity contribution in [2.45, 2.75) is 0 Å². The fraction of sp³-hybridized carbons (Fsp3) is 0.0909. The number of hydrogen-bond donors (Lipinski definition) is 1. The number of halogens is 2. The van der Waals surface area contributed by atoms with Crippen LogP contribution in [0.25, 0.3) is 0 Å². The highest BCUT2D eigenvalue weighted by molar-refractivity contribution is 9.10. The van der Waals surface area contributed by atoms with Crippen LogP contribution >= 0.6 is 15.9 Å². The molecule has 1 aromatic heterocycles. The molecule has 0 bridgehead atoms. The Morgan fingerprint density at radius 1 is 1.50 bits per heavy atom. The summed E-state index contributed by atoms with van der Waals surface area (Å²) in [6, 6.07) is 3.41. The van der Waals surface area contributed by atoms with E-state index in [-0.39, 0.29) is 5.95 Å². The van der Waals surface area contributed by atoms with Crippen LogP contribution in [0.1, 0.15) is 0 Å². The number of hydrogen-bond acceptors (Lipinski definition) is 6. The van der Waals surface area contributed by atoms with Crippen LogP contribution in [0.5, 0.6) is 5.88 Å². The van der Waals surface area contributed by atoms with E-state index in [1.807, 2.05) is 0 Å². The number of nitrogens with one attached hydrogen (secondary N) is 1. The van der Waals surface area contributed by atoms with Gasteiger partial charge in [0.05, 0.1) is 22.7 Å². The lowest BCUT2D eigenvalue weighted by atomic mass is 10.2. The second-order valence-electron chi connectivity index (χ2n) is 3.60. The summed E-state index contributed by atoms with van der Waals surface area (Å²) in [5.74, 6) is -0.431. The van der Waals surface area contributed by atoms with Gasteiger partial charge in [-0.1, -0.05) is 0 Å². The summed E-state index contributed by atoms with van der Waals surface area (Å²) < 4.78 is 18.8. The quantitative estimate of drug-likeness (QED) is 0.678. The largest absolute Gasteiger partial charge is 0.480 e. The molecule has 0 aliphatic carbocycles. The topological polar surface area (TPSA) is 90.2 Å². The third-order valence-corrected chi connectivity index (χ3v) is 2.85. The number of rotatable bonds is 4. The predicted molar refractivity (Wildman–Crippen MR) is 72.6 cm³/mol. The monoisotopic (exact) mass is 342 g/mol. The van der Waals surface area contributed by atoms with Gasteiger partial charge in [-0.15, -0.1) is 0 Å². The molecule has 0 fully saturated rings. The standard InChI is InChI=1S/C11H8BrFN4O3/c1-20-10-7(12)5-14-11(16-10)15-6-2-3-8(13)9(4-6)17(18)19/h2-5H,1H3,(H,14,15,16). The van der Waals surface area contributed by atoms with Gasteiger partial charge in [-0.25, -0.2) is 4.98 Å². The van der Waals surface area contributed by atoms with Gasteiger partial charge in [0.1, 0.15) is 0 Å². The molecule has 0 spiro atoms. The molecule has 1 N–H and O–H groups in total. The lowest BCUT2D eigenvalue weighted by Gasteiger charge is -2.07. The zero-order valence-corrected chi connectivity index (χ0v) is 11.7. The van der Waals surface area contributed by atoms with Crippen molar-refractivity contribution in [3.63, 3.8) is 0 Å². The van der Waals surface area contributed by atoms with Gasteiger partial charge in [-0.2, -0.15) is 9.37 Å². The molecule has 104 valence electrons. The van der Waals surface area contributed by atoms with E-state index < -0.39 is 16.4 Å². The maximum absolute atomic E-state index is 13.2. The SMILES string of the molecule is COc1nc(Nc2ccc(F)c([N+](=O)[O-])c2)ncc1Br. The van der Waals surface area contributed by atoms with Gasteiger partial charge in [-0.05, 0) is 28.1 Å². The Morgan fingerprint density at radius 3 is 2.90 bits per heavy atom. The number of aromatic nitrogens is 2. The predicted octanol–water partition coefficient (Wildman–Crippen LogP) is 3.04. The Kier molecular flexibility index (Phi) is 4.08. The molecular formula is C11H8BrFN4O3. The first-order chi connectivity index (χ1) is 9.51. The van der Waals surface area contributed by atoms with Gasteiger partial charge < -0.3 is 10.1 Å². The summed E-state index contributed by atoms with van der Waals surface area (Å²) in [6.07, 6.45) is 1.46. The maximum Gasteiger partial charge on any atom is 0.306 e. The smallest absolute Gasteiger partial charge is 0.306 e. The van der Waals surface area contributed by atoms with Gasteiger partial charge in [-0.3, -0.25) is 10.1 Å². The van der Waals surface area contributed by atoms with Crippen LogP contribution in [0, 0.1) is 15.9 Å². The van der Waals surface area contributed by atoms with E-state index in [0.29, 0.717) is 16.0 Å². The van der Waals surface area contributed by atoms with E-state index in [4.69, 9.17) is 4.74 Å². The molecule has 0 unspecified atom stereocenters. The molecule has 1 heterocycles. The highest BCUT2D eigenvalue weighted by Crippen LogP contribution is 2.26. The van der Waals surface area contributed by atoms with Crippen molar-refractivity contribution in [2.75, 3.05) is 12.4 Å². The number of anilines is 2. The summed E-state index contributed by atoms with van der Waals surface area (Å²) in [4.78, 5) is 17.8. The van der Waals surface area contributed by atoms with Crippen LogP contribution in [0.4, 0.5) is 21.7 Å². The minimum atomic E-state index is -0.908. The number of nitrogens with zero attached hydrogens (tertiary/aromatic N) is 3. The van der Waals surface area contributed by atoms with Crippen molar-refractivity contribution in [3.8, 4) is 5.88 Å². The lowest BCUT2D eigenvalue weighted by Crippen LogP contribution is -2.00. The van der Waals surface area contributed by atoms with Crippen LogP contribution in [-0.2, 0) is 0 Å². The number of ether oxygens (including phenoxy) is 1. The molecule has 0 amide bonds. The van der Waals surface area contributed by atoms with Crippen LogP contribution in [-0.4, -0.2) is 22.0 Å². The molecule has 0 aliphatic rings. The van der Waals surface area contributed by atoms with Crippen molar-refractivity contribution < 1.29 is 14.1 Å². The van der Waals surface area contributed by atoms with Crippen molar-refractivity contribution in [3.05, 3.63) is 44.8 Å². The van der Waals surface area contributed by atoms with Crippen molar-refractivity contribution in [1.29, 1.82) is 0 Å². The van der Waals surface area contributed by atoms with Gasteiger partial charge in [0.25, 0.3) is 0 Å². The van der Waals surface area contributed by atoms with Crippen LogP contribution in [0.15, 0.2) is 28.9 Å². The highest BCUT2D eigenvalue weighted by Gasteiger charge is 2.15. The fourth-order valence-corrected chi connectivity index (χ4v) is 1.77. The molecule has 0 saturated carbocycles. The van der Waals surface area contributed by atoms with E-state index in [2.05, 4.69) is 31.2 Å². The molecule has 0 aliphatic heterocycles. The number of nitro groups is 1. The Bertz CT molecular complexity index is 668. The van der Waals surface area contributed by atoms with Crippen LogP contribution in [0.2, 0.25) is 0 Å². The summed E-state index contributed by atoms with van der Waals surface area (Å²) in [7, 11) is 1.44. The van der Waals surface area contributed by atoms with Crippen LogP contribution in [0.3, 0.4) is 0 Å². The van der Waals surface area contributed by atoms with Crippen molar-refractivity contribution in [1.82, 2.24) is 9.97 Å². The normalized spacial score (nSPS) is 10.2. The number of benzene rings is 1. The number of nitro benzene ring substituents is 1. The van der Waals surface area contributed by atoms with E-state index in [1.54, 1.807) is 0 Å². The zero-order chi connectivity index (χ0) is 14.7. The average Bonchev–Trinajstić information content (AvgIpc) is 2.42. The molecule has 7 nitrogen and oxygen atoms in total. The summed E-state index contributed by atoms with van der Waals surface area (Å²) in [6.45, 7) is 0. The highest BCUT2D eigenvalue weighted by atomic mass is 79.9. The van der Waals surface area contributed by atoms with Gasteiger partial charge in [0, 0.05) is 11.8 Å². The first kappa shape index (κ1) is 14.1. The van der Waals surface area contributed by atoms with Crippen molar-refractivity contribution in [2.24, 2.45) is 0 Å². The molecule has 2 rings (SSSR count). The Balaban J connectivity index is 2.30. The van der Waals surface area contributed by atoms with Gasteiger partial charge >= 0.3 is 5.69 Å². The lowest BCUT2D eigenvalue weighted by molar-refractivity contribution is -0.387. The zero-order valence-electron chi connectivity index (χ0n) is 10.1. The molecule has 20 heavy (non-hydrogen) atoms. The summed E-state index contributed by atoms with van der Waals surface area (Å²) in [5, 5.41) is 13.4. The second kappa shape index (κ2) is 5.78. The van der Waals surface area contributed by atoms with E-state index in [0.717, 1.165) is 12.1 Å². The molecular weight excluding hydrogens is 335 g/mol. The molecule has 1 aromatic carbocycles. The summed E-state index contributed by atoms with van der Waals surface area (Å²) >= 11 is 3.20. The van der Waals surface area contributed by atoms with E-state index in [1.165, 1.54) is 19.4 Å². The third-order valence-electron chi connectivity index (χ3n) is 2.30. The van der Waals surface area contributed by atoms with Crippen molar-refractivity contribution >= 4 is 33.3 Å². The molecule has 2 aromatic rings. The van der Waals surface area contributed by atoms with E-state index in [9.17, 15) is 14.5 Å². The van der Waals surface area contributed by atoms with Gasteiger partial charge in [0.15, 0.2) is 0 Å². The second-order valence-corrected chi connectivity index (χ2v) is 4.45. The molecule has 0 radical (unpaired) electrons. The Hall–Kier alpha value is -2.29. The Labute approximate surface area is 121 Å².